The van der Waals surface area contributed by atoms with Crippen molar-refractivity contribution in [1.29, 1.82) is 0 Å². The van der Waals surface area contributed by atoms with Gasteiger partial charge in [0.25, 0.3) is 0 Å². The van der Waals surface area contributed by atoms with Gasteiger partial charge in [0.05, 0.1) is 18.2 Å². The molecule has 27 heavy (non-hydrogen) atoms. The van der Waals surface area contributed by atoms with Crippen molar-refractivity contribution < 1.29 is 31.1 Å². The number of hydrogen-bond acceptors (Lipinski definition) is 2. The largest absolute Gasteiger partial charge is 0.416 e. The third-order valence-corrected chi connectivity index (χ3v) is 4.33. The molecule has 1 fully saturated rings. The lowest BCUT2D eigenvalue weighted by Gasteiger charge is -2.25. The average molecular weight is 397 g/mol. The van der Waals surface area contributed by atoms with Gasteiger partial charge >= 0.3 is 18.4 Å². The van der Waals surface area contributed by atoms with Gasteiger partial charge in [-0.1, -0.05) is 12.1 Å². The molecule has 1 heterocycles. The molecule has 2 amide bonds. The molecule has 4 nitrogen and oxygen atoms in total. The van der Waals surface area contributed by atoms with Crippen LogP contribution in [0.3, 0.4) is 0 Å². The Labute approximate surface area is 153 Å². The second-order valence-electron chi connectivity index (χ2n) is 6.53. The third kappa shape index (κ3) is 6.60. The molecule has 0 aromatic heterocycles. The summed E-state index contributed by atoms with van der Waals surface area (Å²) < 4.78 is 75.9. The number of alkyl halides is 6. The summed E-state index contributed by atoms with van der Waals surface area (Å²) in [7, 11) is 0. The highest BCUT2D eigenvalue weighted by Gasteiger charge is 2.32. The number of urea groups is 1. The predicted molar refractivity (Wildman–Crippen MR) is 87.1 cm³/mol. The second-order valence-corrected chi connectivity index (χ2v) is 6.53. The average Bonchev–Trinajstić information content (AvgIpc) is 2.78. The van der Waals surface area contributed by atoms with Crippen LogP contribution in [0.2, 0.25) is 0 Å². The van der Waals surface area contributed by atoms with Gasteiger partial charge in [-0.05, 0) is 31.0 Å². The highest BCUT2D eigenvalue weighted by Crippen LogP contribution is 2.30. The van der Waals surface area contributed by atoms with Crippen LogP contribution in [-0.4, -0.2) is 54.7 Å². The molecule has 1 aliphatic rings. The zero-order valence-corrected chi connectivity index (χ0v) is 14.7. The first-order valence-corrected chi connectivity index (χ1v) is 8.47. The maximum atomic E-state index is 12.8. The summed E-state index contributed by atoms with van der Waals surface area (Å²) in [4.78, 5) is 15.0. The molecule has 1 aromatic rings. The SMILES string of the molecule is CC(NC(=O)N1CCCN(CC(F)(F)F)CC1)c1cccc(C(F)(F)F)c1. The van der Waals surface area contributed by atoms with Gasteiger partial charge in [0.1, 0.15) is 0 Å². The molecule has 0 aliphatic carbocycles. The first kappa shape index (κ1) is 21.3. The number of nitrogens with one attached hydrogen (secondary N) is 1. The molecular formula is C17H21F6N3O. The van der Waals surface area contributed by atoms with E-state index in [1.165, 1.54) is 21.9 Å². The molecule has 1 atom stereocenters. The van der Waals surface area contributed by atoms with Gasteiger partial charge < -0.3 is 10.2 Å². The molecule has 0 radical (unpaired) electrons. The van der Waals surface area contributed by atoms with Crippen molar-refractivity contribution in [3.63, 3.8) is 0 Å². The molecule has 1 N–H and O–H groups in total. The zero-order valence-electron chi connectivity index (χ0n) is 14.7. The minimum atomic E-state index is -4.48. The molecule has 1 unspecified atom stereocenters. The molecular weight excluding hydrogens is 376 g/mol. The summed E-state index contributed by atoms with van der Waals surface area (Å²) in [5, 5.41) is 2.61. The number of carbonyl (C=O) groups is 1. The van der Waals surface area contributed by atoms with Crippen LogP contribution in [0, 0.1) is 0 Å². The number of nitrogens with zero attached hydrogens (tertiary/aromatic N) is 2. The Kier molecular flexibility index (Phi) is 6.61. The lowest BCUT2D eigenvalue weighted by molar-refractivity contribution is -0.145. The van der Waals surface area contributed by atoms with E-state index in [0.717, 1.165) is 12.1 Å². The Morgan fingerprint density at radius 2 is 1.81 bits per heavy atom. The number of benzene rings is 1. The Balaban J connectivity index is 1.95. The van der Waals surface area contributed by atoms with Crippen LogP contribution in [0.1, 0.15) is 30.5 Å². The Morgan fingerprint density at radius 3 is 2.44 bits per heavy atom. The van der Waals surface area contributed by atoms with E-state index in [1.54, 1.807) is 6.92 Å². The van der Waals surface area contributed by atoms with E-state index < -0.39 is 36.5 Å². The normalized spacial score (nSPS) is 18.1. The summed E-state index contributed by atoms with van der Waals surface area (Å²) in [6.07, 6.45) is -8.39. The standard InChI is InChI=1S/C17H21F6N3O/c1-12(13-4-2-5-14(10-13)17(21,22)23)24-15(27)26-7-3-6-25(8-9-26)11-16(18,19)20/h2,4-5,10,12H,3,6-9,11H2,1H3,(H,24,27). The maximum Gasteiger partial charge on any atom is 0.416 e. The van der Waals surface area contributed by atoms with Crippen LogP contribution in [-0.2, 0) is 6.18 Å². The van der Waals surface area contributed by atoms with Crippen LogP contribution in [0.4, 0.5) is 31.1 Å². The van der Waals surface area contributed by atoms with Crippen molar-refractivity contribution in [2.45, 2.75) is 31.7 Å². The minimum absolute atomic E-state index is 0.0882. The number of carbonyl (C=O) groups excluding carboxylic acids is 1. The predicted octanol–water partition coefficient (Wildman–Crippen LogP) is 4.05. The number of hydrogen-bond donors (Lipinski definition) is 1. The lowest BCUT2D eigenvalue weighted by Crippen LogP contribution is -2.43. The summed E-state index contributed by atoms with van der Waals surface area (Å²) in [5.74, 6) is 0. The van der Waals surface area contributed by atoms with Gasteiger partial charge in [-0.25, -0.2) is 4.79 Å². The fourth-order valence-electron chi connectivity index (χ4n) is 2.93. The van der Waals surface area contributed by atoms with Gasteiger partial charge in [0.15, 0.2) is 0 Å². The summed E-state index contributed by atoms with van der Waals surface area (Å²) in [6, 6.07) is 3.48. The van der Waals surface area contributed by atoms with E-state index in [9.17, 15) is 31.1 Å². The maximum absolute atomic E-state index is 12.8. The smallest absolute Gasteiger partial charge is 0.331 e. The first-order valence-electron chi connectivity index (χ1n) is 8.47. The van der Waals surface area contributed by atoms with Crippen molar-refractivity contribution in [1.82, 2.24) is 15.1 Å². The molecule has 1 aliphatic heterocycles. The summed E-state index contributed by atoms with van der Waals surface area (Å²) >= 11 is 0. The van der Waals surface area contributed by atoms with E-state index in [-0.39, 0.29) is 26.2 Å². The summed E-state index contributed by atoms with van der Waals surface area (Å²) in [5.41, 5.74) is -0.509. The Hall–Kier alpha value is -1.97. The van der Waals surface area contributed by atoms with Crippen molar-refractivity contribution in [3.8, 4) is 0 Å². The summed E-state index contributed by atoms with van der Waals surface area (Å²) in [6.45, 7) is 1.26. The minimum Gasteiger partial charge on any atom is -0.331 e. The molecule has 2 rings (SSSR count). The third-order valence-electron chi connectivity index (χ3n) is 4.33. The van der Waals surface area contributed by atoms with Crippen molar-refractivity contribution in [3.05, 3.63) is 35.4 Å². The number of amides is 2. The Bertz CT molecular complexity index is 646. The molecule has 10 heteroatoms. The van der Waals surface area contributed by atoms with Gasteiger partial charge in [-0.15, -0.1) is 0 Å². The van der Waals surface area contributed by atoms with E-state index in [2.05, 4.69) is 5.32 Å². The number of halogens is 6. The Morgan fingerprint density at radius 1 is 1.11 bits per heavy atom. The first-order chi connectivity index (χ1) is 12.5. The molecule has 1 aromatic carbocycles. The van der Waals surface area contributed by atoms with Gasteiger partial charge in [-0.3, -0.25) is 4.90 Å². The molecule has 0 spiro atoms. The fraction of sp³-hybridized carbons (Fsp3) is 0.588. The monoisotopic (exact) mass is 397 g/mol. The highest BCUT2D eigenvalue weighted by atomic mass is 19.4. The number of rotatable bonds is 3. The van der Waals surface area contributed by atoms with Gasteiger partial charge in [0.2, 0.25) is 0 Å². The van der Waals surface area contributed by atoms with Crippen molar-refractivity contribution in [2.24, 2.45) is 0 Å². The molecule has 0 bridgehead atoms. The van der Waals surface area contributed by atoms with Crippen LogP contribution < -0.4 is 5.32 Å². The van der Waals surface area contributed by atoms with Crippen LogP contribution in [0.25, 0.3) is 0 Å². The van der Waals surface area contributed by atoms with E-state index in [1.807, 2.05) is 0 Å². The van der Waals surface area contributed by atoms with Gasteiger partial charge in [-0.2, -0.15) is 26.3 Å². The van der Waals surface area contributed by atoms with E-state index >= 15 is 0 Å². The molecule has 152 valence electrons. The van der Waals surface area contributed by atoms with Crippen LogP contribution in [0.5, 0.6) is 0 Å². The second kappa shape index (κ2) is 8.37. The van der Waals surface area contributed by atoms with Crippen molar-refractivity contribution >= 4 is 6.03 Å². The topological polar surface area (TPSA) is 35.6 Å². The molecule has 0 saturated carbocycles. The van der Waals surface area contributed by atoms with Gasteiger partial charge in [0, 0.05) is 26.2 Å². The zero-order chi connectivity index (χ0) is 20.2. The van der Waals surface area contributed by atoms with E-state index in [4.69, 9.17) is 0 Å². The van der Waals surface area contributed by atoms with Crippen LogP contribution >= 0.6 is 0 Å². The highest BCUT2D eigenvalue weighted by molar-refractivity contribution is 5.74. The lowest BCUT2D eigenvalue weighted by atomic mass is 10.1. The quantitative estimate of drug-likeness (QED) is 0.782. The fourth-order valence-corrected chi connectivity index (χ4v) is 2.93. The van der Waals surface area contributed by atoms with E-state index in [0.29, 0.717) is 12.0 Å². The van der Waals surface area contributed by atoms with Crippen LogP contribution in [0.15, 0.2) is 24.3 Å². The molecule has 1 saturated heterocycles. The van der Waals surface area contributed by atoms with Crippen molar-refractivity contribution in [2.75, 3.05) is 32.7 Å².